The molecule has 0 spiro atoms. The van der Waals surface area contributed by atoms with E-state index in [1.807, 2.05) is 6.92 Å². The van der Waals surface area contributed by atoms with Crippen LogP contribution in [0, 0.1) is 34.5 Å². The Morgan fingerprint density at radius 1 is 1.15 bits per heavy atom. The summed E-state index contributed by atoms with van der Waals surface area (Å²) in [6, 6.07) is 0. The van der Waals surface area contributed by atoms with Gasteiger partial charge in [0.15, 0.2) is 5.78 Å². The highest BCUT2D eigenvalue weighted by Crippen LogP contribution is 2.64. The number of fused-ring (bicyclic) bond motifs is 5. The van der Waals surface area contributed by atoms with Gasteiger partial charge in [-0.15, -0.1) is 0 Å². The van der Waals surface area contributed by atoms with E-state index in [1.54, 1.807) is 0 Å². The van der Waals surface area contributed by atoms with Crippen molar-refractivity contribution in [2.24, 2.45) is 34.5 Å². The number of carbonyl (C=O) groups excluding carboxylic acids is 2. The van der Waals surface area contributed by atoms with Crippen molar-refractivity contribution in [3.05, 3.63) is 11.6 Å². The average Bonchev–Trinajstić information content (AvgIpc) is 2.94. The van der Waals surface area contributed by atoms with Crippen LogP contribution >= 0.6 is 0 Å². The predicted octanol–water partition coefficient (Wildman–Crippen LogP) is 5.09. The zero-order chi connectivity index (χ0) is 18.7. The van der Waals surface area contributed by atoms with Gasteiger partial charge in [-0.3, -0.25) is 9.59 Å². The summed E-state index contributed by atoms with van der Waals surface area (Å²) in [4.78, 5) is 24.9. The molecule has 4 aliphatic carbocycles. The molecule has 0 N–H and O–H groups in total. The van der Waals surface area contributed by atoms with Crippen molar-refractivity contribution < 1.29 is 14.3 Å². The number of ether oxygens (including phenoxy) is 1. The van der Waals surface area contributed by atoms with Gasteiger partial charge in [0.1, 0.15) is 6.10 Å². The van der Waals surface area contributed by atoms with Crippen LogP contribution in [0.1, 0.15) is 79.1 Å². The first-order valence-electron chi connectivity index (χ1n) is 10.7. The van der Waals surface area contributed by atoms with Crippen LogP contribution in [0.5, 0.6) is 0 Å². The van der Waals surface area contributed by atoms with E-state index in [2.05, 4.69) is 19.9 Å². The largest absolute Gasteiger partial charge is 0.463 e. The molecule has 4 rings (SSSR count). The summed E-state index contributed by atoms with van der Waals surface area (Å²) in [6.45, 7) is 8.06. The molecule has 3 fully saturated rings. The summed E-state index contributed by atoms with van der Waals surface area (Å²) < 4.78 is 5.53. The quantitative estimate of drug-likeness (QED) is 0.646. The number of carbonyl (C=O) groups is 2. The fourth-order valence-corrected chi connectivity index (χ4v) is 7.48. The third-order valence-electron chi connectivity index (χ3n) is 8.84. The van der Waals surface area contributed by atoms with Crippen LogP contribution in [-0.2, 0) is 14.3 Å². The van der Waals surface area contributed by atoms with Crippen molar-refractivity contribution in [2.75, 3.05) is 0 Å². The molecule has 144 valence electrons. The van der Waals surface area contributed by atoms with Crippen LogP contribution < -0.4 is 0 Å². The van der Waals surface area contributed by atoms with Crippen LogP contribution in [0.2, 0.25) is 0 Å². The third-order valence-corrected chi connectivity index (χ3v) is 8.84. The summed E-state index contributed by atoms with van der Waals surface area (Å²) >= 11 is 0. The smallest absolute Gasteiger partial charge is 0.302 e. The Hall–Kier alpha value is -1.12. The molecule has 0 aromatic heterocycles. The Morgan fingerprint density at radius 2 is 1.92 bits per heavy atom. The molecule has 3 saturated carbocycles. The minimum atomic E-state index is -0.360. The summed E-state index contributed by atoms with van der Waals surface area (Å²) in [5.41, 5.74) is 1.38. The van der Waals surface area contributed by atoms with Crippen molar-refractivity contribution in [3.8, 4) is 0 Å². The zero-order valence-corrected chi connectivity index (χ0v) is 16.8. The van der Waals surface area contributed by atoms with Crippen LogP contribution in [0.15, 0.2) is 11.6 Å². The second-order valence-electron chi connectivity index (χ2n) is 9.90. The second kappa shape index (κ2) is 6.21. The molecule has 7 atom stereocenters. The molecule has 3 nitrogen and oxygen atoms in total. The lowest BCUT2D eigenvalue weighted by molar-refractivity contribution is -0.153. The van der Waals surface area contributed by atoms with Gasteiger partial charge in [0.05, 0.1) is 0 Å². The van der Waals surface area contributed by atoms with Gasteiger partial charge in [-0.2, -0.15) is 0 Å². The van der Waals surface area contributed by atoms with E-state index in [-0.39, 0.29) is 28.8 Å². The Morgan fingerprint density at radius 3 is 2.65 bits per heavy atom. The summed E-state index contributed by atoms with van der Waals surface area (Å²) in [6.07, 6.45) is 11.8. The van der Waals surface area contributed by atoms with Crippen LogP contribution in [0.4, 0.5) is 0 Å². The first-order chi connectivity index (χ1) is 12.3. The highest BCUT2D eigenvalue weighted by atomic mass is 16.5. The zero-order valence-electron chi connectivity index (χ0n) is 16.8. The Balaban J connectivity index is 1.69. The molecule has 4 aliphatic rings. The van der Waals surface area contributed by atoms with Gasteiger partial charge in [-0.25, -0.2) is 0 Å². The molecule has 0 amide bonds. The van der Waals surface area contributed by atoms with Crippen molar-refractivity contribution >= 4 is 11.8 Å². The molecule has 0 bridgehead atoms. The van der Waals surface area contributed by atoms with Crippen LogP contribution in [0.25, 0.3) is 0 Å². The monoisotopic (exact) mass is 358 g/mol. The maximum Gasteiger partial charge on any atom is 0.302 e. The van der Waals surface area contributed by atoms with Crippen molar-refractivity contribution in [3.63, 3.8) is 0 Å². The second-order valence-corrected chi connectivity index (χ2v) is 9.90. The average molecular weight is 359 g/mol. The van der Waals surface area contributed by atoms with Gasteiger partial charge in [0, 0.05) is 18.3 Å². The van der Waals surface area contributed by atoms with E-state index in [4.69, 9.17) is 4.74 Å². The van der Waals surface area contributed by atoms with E-state index in [1.165, 1.54) is 51.0 Å². The SMILES string of the molecule is CC(=O)OC(C)[C@H]1CC[C@H]2[C@@H]3CCC4CCCC[C@]4(C)C3=CC(=O)[C@]12C. The van der Waals surface area contributed by atoms with E-state index >= 15 is 0 Å². The topological polar surface area (TPSA) is 43.4 Å². The van der Waals surface area contributed by atoms with Crippen molar-refractivity contribution in [1.82, 2.24) is 0 Å². The molecule has 0 aromatic rings. The number of rotatable bonds is 2. The molecule has 0 radical (unpaired) electrons. The first-order valence-corrected chi connectivity index (χ1v) is 10.7. The predicted molar refractivity (Wildman–Crippen MR) is 101 cm³/mol. The number of ketones is 1. The summed E-state index contributed by atoms with van der Waals surface area (Å²) in [5.74, 6) is 1.98. The highest BCUT2D eigenvalue weighted by molar-refractivity contribution is 5.97. The Bertz CT molecular complexity index is 650. The molecule has 26 heavy (non-hydrogen) atoms. The van der Waals surface area contributed by atoms with Crippen molar-refractivity contribution in [1.29, 1.82) is 0 Å². The lowest BCUT2D eigenvalue weighted by Gasteiger charge is -2.55. The molecule has 0 aromatic carbocycles. The van der Waals surface area contributed by atoms with Gasteiger partial charge in [0.2, 0.25) is 0 Å². The van der Waals surface area contributed by atoms with E-state index in [0.717, 1.165) is 18.8 Å². The normalized spacial score (nSPS) is 45.8. The number of hydrogen-bond acceptors (Lipinski definition) is 3. The minimum Gasteiger partial charge on any atom is -0.463 e. The lowest BCUT2D eigenvalue weighted by Crippen LogP contribution is -2.51. The van der Waals surface area contributed by atoms with Gasteiger partial charge in [0.25, 0.3) is 0 Å². The maximum absolute atomic E-state index is 13.5. The first kappa shape index (κ1) is 18.3. The van der Waals surface area contributed by atoms with Gasteiger partial charge >= 0.3 is 5.97 Å². The molecular formula is C23H34O3. The fraction of sp³-hybridized carbons (Fsp3) is 0.826. The number of allylic oxidation sites excluding steroid dienone is 2. The van der Waals surface area contributed by atoms with Gasteiger partial charge < -0.3 is 4.74 Å². The summed E-state index contributed by atoms with van der Waals surface area (Å²) in [7, 11) is 0. The van der Waals surface area contributed by atoms with E-state index < -0.39 is 0 Å². The molecule has 0 heterocycles. The number of hydrogen-bond donors (Lipinski definition) is 0. The molecule has 3 heteroatoms. The third kappa shape index (κ3) is 2.45. The standard InChI is InChI=1S/C23H34O3/c1-14(26-15(2)24)18-10-11-19-17-9-8-16-7-5-6-12-22(16,3)20(17)13-21(25)23(18,19)4/h13-14,16-19H,5-12H2,1-4H3/t14?,16?,17-,18+,19-,22-,23+/m0/s1. The summed E-state index contributed by atoms with van der Waals surface area (Å²) in [5, 5.41) is 0. The minimum absolute atomic E-state index is 0.151. The lowest BCUT2D eigenvalue weighted by atomic mass is 9.48. The van der Waals surface area contributed by atoms with Crippen LogP contribution in [-0.4, -0.2) is 17.9 Å². The Kier molecular flexibility index (Phi) is 4.36. The van der Waals surface area contributed by atoms with E-state index in [0.29, 0.717) is 17.6 Å². The Labute approximate surface area is 157 Å². The van der Waals surface area contributed by atoms with Gasteiger partial charge in [-0.05, 0) is 74.7 Å². The fourth-order valence-electron chi connectivity index (χ4n) is 7.48. The van der Waals surface area contributed by atoms with Crippen LogP contribution in [0.3, 0.4) is 0 Å². The molecular weight excluding hydrogens is 324 g/mol. The van der Waals surface area contributed by atoms with E-state index in [9.17, 15) is 9.59 Å². The molecule has 2 unspecified atom stereocenters. The highest BCUT2D eigenvalue weighted by Gasteiger charge is 2.61. The number of esters is 1. The maximum atomic E-state index is 13.5. The van der Waals surface area contributed by atoms with Gasteiger partial charge in [-0.1, -0.05) is 32.3 Å². The molecule has 0 aliphatic heterocycles. The molecule has 0 saturated heterocycles. The van der Waals surface area contributed by atoms with Crippen molar-refractivity contribution in [2.45, 2.75) is 85.2 Å².